The van der Waals surface area contributed by atoms with Gasteiger partial charge in [0.05, 0.1) is 7.11 Å². The average Bonchev–Trinajstić information content (AvgIpc) is 3.06. The van der Waals surface area contributed by atoms with Crippen LogP contribution in [0.15, 0.2) is 17.5 Å². The summed E-state index contributed by atoms with van der Waals surface area (Å²) in [5.74, 6) is 0.409. The molecule has 0 spiro atoms. The van der Waals surface area contributed by atoms with Crippen LogP contribution in [-0.2, 0) is 16.0 Å². The Labute approximate surface area is 113 Å². The van der Waals surface area contributed by atoms with E-state index in [4.69, 9.17) is 4.74 Å². The molecular weight excluding hydrogens is 246 g/mol. The molecule has 0 aromatic carbocycles. The Morgan fingerprint density at radius 2 is 2.33 bits per heavy atom. The Morgan fingerprint density at radius 3 is 2.83 bits per heavy atom. The summed E-state index contributed by atoms with van der Waals surface area (Å²) in [6, 6.07) is 4.52. The second kappa shape index (κ2) is 5.85. The lowest BCUT2D eigenvalue weighted by atomic mass is 10.1. The summed E-state index contributed by atoms with van der Waals surface area (Å²) < 4.78 is 4.94. The topological polar surface area (TPSA) is 29.5 Å². The van der Waals surface area contributed by atoms with Crippen LogP contribution >= 0.6 is 11.3 Å². The van der Waals surface area contributed by atoms with E-state index >= 15 is 0 Å². The summed E-state index contributed by atoms with van der Waals surface area (Å²) >= 11 is 1.78. The Morgan fingerprint density at radius 1 is 1.61 bits per heavy atom. The van der Waals surface area contributed by atoms with E-state index in [0.29, 0.717) is 12.0 Å². The van der Waals surface area contributed by atoms with Crippen molar-refractivity contribution in [2.45, 2.75) is 38.3 Å². The van der Waals surface area contributed by atoms with Gasteiger partial charge in [-0.25, -0.2) is 0 Å². The number of carbonyl (C=O) groups is 1. The lowest BCUT2D eigenvalue weighted by molar-refractivity contribution is -0.148. The first-order chi connectivity index (χ1) is 8.63. The Kier molecular flexibility index (Phi) is 4.40. The van der Waals surface area contributed by atoms with E-state index in [-0.39, 0.29) is 12.0 Å². The van der Waals surface area contributed by atoms with Gasteiger partial charge in [-0.15, -0.1) is 11.3 Å². The molecule has 1 saturated carbocycles. The summed E-state index contributed by atoms with van der Waals surface area (Å²) in [5, 5.41) is 2.10. The molecule has 2 rings (SSSR count). The summed E-state index contributed by atoms with van der Waals surface area (Å²) in [5.41, 5.74) is 0. The van der Waals surface area contributed by atoms with Gasteiger partial charge < -0.3 is 4.74 Å². The molecule has 0 bridgehead atoms. The number of hydrogen-bond donors (Lipinski definition) is 0. The summed E-state index contributed by atoms with van der Waals surface area (Å²) in [4.78, 5) is 15.4. The summed E-state index contributed by atoms with van der Waals surface area (Å²) in [7, 11) is 3.52. The van der Waals surface area contributed by atoms with Gasteiger partial charge in [0, 0.05) is 10.9 Å². The van der Waals surface area contributed by atoms with Crippen LogP contribution < -0.4 is 0 Å². The molecule has 18 heavy (non-hydrogen) atoms. The first-order valence-corrected chi connectivity index (χ1v) is 7.33. The highest BCUT2D eigenvalue weighted by Crippen LogP contribution is 2.36. The van der Waals surface area contributed by atoms with Crippen molar-refractivity contribution < 1.29 is 9.53 Å². The minimum absolute atomic E-state index is 0.0648. The smallest absolute Gasteiger partial charge is 0.323 e. The van der Waals surface area contributed by atoms with Crippen LogP contribution in [0.2, 0.25) is 0 Å². The summed E-state index contributed by atoms with van der Waals surface area (Å²) in [6.45, 7) is 2.18. The molecule has 2 atom stereocenters. The van der Waals surface area contributed by atoms with E-state index in [1.165, 1.54) is 12.0 Å². The minimum Gasteiger partial charge on any atom is -0.468 e. The van der Waals surface area contributed by atoms with Crippen molar-refractivity contribution in [2.24, 2.45) is 5.92 Å². The van der Waals surface area contributed by atoms with Crippen molar-refractivity contribution in [3.05, 3.63) is 22.4 Å². The molecule has 1 aromatic heterocycles. The van der Waals surface area contributed by atoms with E-state index in [9.17, 15) is 4.79 Å². The van der Waals surface area contributed by atoms with Crippen molar-refractivity contribution in [3.63, 3.8) is 0 Å². The van der Waals surface area contributed by atoms with Crippen LogP contribution in [0.1, 0.15) is 24.6 Å². The first-order valence-electron chi connectivity index (χ1n) is 6.45. The van der Waals surface area contributed by atoms with E-state index in [1.54, 1.807) is 11.3 Å². The van der Waals surface area contributed by atoms with Crippen LogP contribution in [0, 0.1) is 5.92 Å². The maximum Gasteiger partial charge on any atom is 0.323 e. The number of carbonyl (C=O) groups excluding carboxylic acids is 1. The van der Waals surface area contributed by atoms with Crippen LogP contribution in [-0.4, -0.2) is 37.1 Å². The number of thiophene rings is 1. The predicted molar refractivity (Wildman–Crippen MR) is 73.8 cm³/mol. The number of hydrogen-bond acceptors (Lipinski definition) is 4. The number of esters is 1. The highest BCUT2D eigenvalue weighted by Gasteiger charge is 2.40. The molecule has 1 fully saturated rings. The second-order valence-corrected chi connectivity index (χ2v) is 6.14. The fourth-order valence-electron chi connectivity index (χ4n) is 2.36. The minimum atomic E-state index is -0.0852. The largest absolute Gasteiger partial charge is 0.468 e. The average molecular weight is 267 g/mol. The standard InChI is InChI=1S/C14H21NO2S/c1-10(9-12-5-4-8-18-12)15(2)13(11-6-7-11)14(16)17-3/h4-5,8,10-11,13H,6-7,9H2,1-3H3. The molecule has 1 aliphatic carbocycles. The van der Waals surface area contributed by atoms with Crippen LogP contribution in [0.5, 0.6) is 0 Å². The van der Waals surface area contributed by atoms with Gasteiger partial charge >= 0.3 is 5.97 Å². The van der Waals surface area contributed by atoms with Crippen LogP contribution in [0.25, 0.3) is 0 Å². The van der Waals surface area contributed by atoms with Gasteiger partial charge in [0.2, 0.25) is 0 Å². The molecule has 0 radical (unpaired) electrons. The third kappa shape index (κ3) is 3.12. The highest BCUT2D eigenvalue weighted by molar-refractivity contribution is 7.09. The number of methoxy groups -OCH3 is 1. The molecular formula is C14H21NO2S. The van der Waals surface area contributed by atoms with Gasteiger partial charge in [-0.2, -0.15) is 0 Å². The molecule has 4 heteroatoms. The van der Waals surface area contributed by atoms with Crippen molar-refractivity contribution in [1.29, 1.82) is 0 Å². The molecule has 0 saturated heterocycles. The number of ether oxygens (including phenoxy) is 1. The van der Waals surface area contributed by atoms with Gasteiger partial charge in [0.15, 0.2) is 0 Å². The lowest BCUT2D eigenvalue weighted by Crippen LogP contribution is -2.46. The number of nitrogens with zero attached hydrogens (tertiary/aromatic N) is 1. The lowest BCUT2D eigenvalue weighted by Gasteiger charge is -2.31. The fraction of sp³-hybridized carbons (Fsp3) is 0.643. The molecule has 0 amide bonds. The number of likely N-dealkylation sites (N-methyl/N-ethyl adjacent to an activating group) is 1. The molecule has 1 heterocycles. The third-order valence-corrected chi connectivity index (χ3v) is 4.62. The molecule has 3 nitrogen and oxygen atoms in total. The van der Waals surface area contributed by atoms with Gasteiger partial charge in [-0.3, -0.25) is 9.69 Å². The van der Waals surface area contributed by atoms with Gasteiger partial charge in [0.1, 0.15) is 6.04 Å². The number of rotatable bonds is 6. The van der Waals surface area contributed by atoms with Crippen molar-refractivity contribution in [3.8, 4) is 0 Å². The van der Waals surface area contributed by atoms with Gasteiger partial charge in [-0.1, -0.05) is 6.07 Å². The van der Waals surface area contributed by atoms with Crippen molar-refractivity contribution in [2.75, 3.05) is 14.2 Å². The fourth-order valence-corrected chi connectivity index (χ4v) is 3.19. The maximum atomic E-state index is 11.9. The van der Waals surface area contributed by atoms with E-state index in [1.807, 2.05) is 7.05 Å². The van der Waals surface area contributed by atoms with Crippen molar-refractivity contribution in [1.82, 2.24) is 4.90 Å². The zero-order chi connectivity index (χ0) is 13.1. The predicted octanol–water partition coefficient (Wildman–Crippen LogP) is 2.56. The molecule has 1 aliphatic rings. The second-order valence-electron chi connectivity index (χ2n) is 5.10. The zero-order valence-electron chi connectivity index (χ0n) is 11.3. The highest BCUT2D eigenvalue weighted by atomic mass is 32.1. The monoisotopic (exact) mass is 267 g/mol. The third-order valence-electron chi connectivity index (χ3n) is 3.72. The van der Waals surface area contributed by atoms with Gasteiger partial charge in [0.25, 0.3) is 0 Å². The van der Waals surface area contributed by atoms with Crippen molar-refractivity contribution >= 4 is 17.3 Å². The SMILES string of the molecule is COC(=O)C(C1CC1)N(C)C(C)Cc1cccs1. The molecule has 0 N–H and O–H groups in total. The molecule has 0 aliphatic heterocycles. The Hall–Kier alpha value is -0.870. The van der Waals surface area contributed by atoms with E-state index < -0.39 is 0 Å². The molecule has 100 valence electrons. The van der Waals surface area contributed by atoms with Crippen LogP contribution in [0.4, 0.5) is 0 Å². The summed E-state index contributed by atoms with van der Waals surface area (Å²) in [6.07, 6.45) is 3.29. The van der Waals surface area contributed by atoms with E-state index in [0.717, 1.165) is 19.3 Å². The van der Waals surface area contributed by atoms with Gasteiger partial charge in [-0.05, 0) is 50.6 Å². The first kappa shape index (κ1) is 13.6. The quantitative estimate of drug-likeness (QED) is 0.742. The molecule has 1 aromatic rings. The van der Waals surface area contributed by atoms with E-state index in [2.05, 4.69) is 29.3 Å². The Bertz CT molecular complexity index is 387. The Balaban J connectivity index is 1.98. The van der Waals surface area contributed by atoms with Crippen LogP contribution in [0.3, 0.4) is 0 Å². The maximum absolute atomic E-state index is 11.9. The normalized spacial score (nSPS) is 18.7. The molecule has 2 unspecified atom stereocenters. The zero-order valence-corrected chi connectivity index (χ0v) is 12.1.